The fourth-order valence-electron chi connectivity index (χ4n) is 5.49. The van der Waals surface area contributed by atoms with Gasteiger partial charge in [0.25, 0.3) is 0 Å². The van der Waals surface area contributed by atoms with Crippen LogP contribution in [0.2, 0.25) is 5.02 Å². The number of pyridine rings is 1. The van der Waals surface area contributed by atoms with Crippen LogP contribution in [0.5, 0.6) is 0 Å². The number of piperidine rings is 1. The molecule has 3 aliphatic rings. The Bertz CT molecular complexity index is 1190. The van der Waals surface area contributed by atoms with E-state index < -0.39 is 0 Å². The van der Waals surface area contributed by atoms with Gasteiger partial charge in [-0.15, -0.1) is 0 Å². The van der Waals surface area contributed by atoms with Crippen molar-refractivity contribution in [1.82, 2.24) is 15.0 Å². The number of ether oxygens (including phenoxy) is 1. The van der Waals surface area contributed by atoms with Gasteiger partial charge in [0, 0.05) is 54.6 Å². The van der Waals surface area contributed by atoms with Crippen molar-refractivity contribution in [1.29, 1.82) is 5.26 Å². The minimum atomic E-state index is -0.377. The van der Waals surface area contributed by atoms with Gasteiger partial charge < -0.3 is 25.4 Å². The zero-order valence-corrected chi connectivity index (χ0v) is 23.1. The molecule has 1 spiro atoms. The lowest BCUT2D eigenvalue weighted by Crippen LogP contribution is -2.53. The van der Waals surface area contributed by atoms with E-state index in [0.717, 1.165) is 49.7 Å². The van der Waals surface area contributed by atoms with Crippen molar-refractivity contribution in [3.05, 3.63) is 29.2 Å². The number of aromatic nitrogens is 3. The van der Waals surface area contributed by atoms with Crippen LogP contribution in [0.4, 0.5) is 11.6 Å². The van der Waals surface area contributed by atoms with Crippen molar-refractivity contribution in [2.45, 2.75) is 62.3 Å². The lowest BCUT2D eigenvalue weighted by atomic mass is 9.73. The van der Waals surface area contributed by atoms with Gasteiger partial charge in [-0.2, -0.15) is 5.26 Å². The van der Waals surface area contributed by atoms with Crippen LogP contribution in [0.15, 0.2) is 28.4 Å². The van der Waals surface area contributed by atoms with Crippen molar-refractivity contribution in [2.24, 2.45) is 22.5 Å². The largest absolute Gasteiger partial charge is 0.390 e. The summed E-state index contributed by atoms with van der Waals surface area (Å²) in [7, 11) is 0. The number of halogens is 1. The lowest BCUT2D eigenvalue weighted by molar-refractivity contribution is 0.0973. The highest BCUT2D eigenvalue weighted by Crippen LogP contribution is 2.44. The molecule has 37 heavy (non-hydrogen) atoms. The first-order valence-corrected chi connectivity index (χ1v) is 13.9. The number of aliphatic hydroxyl groups excluding tert-OH is 1. The predicted molar refractivity (Wildman–Crippen MR) is 144 cm³/mol. The van der Waals surface area contributed by atoms with E-state index in [1.54, 1.807) is 12.4 Å². The molecule has 0 unspecified atom stereocenters. The van der Waals surface area contributed by atoms with Crippen molar-refractivity contribution in [3.63, 3.8) is 0 Å². The molecule has 198 valence electrons. The first kappa shape index (κ1) is 26.4. The van der Waals surface area contributed by atoms with E-state index >= 15 is 0 Å². The number of nitrogens with zero attached hydrogens (tertiary/aromatic N) is 6. The van der Waals surface area contributed by atoms with Crippen LogP contribution in [0, 0.1) is 28.1 Å². The second-order valence-electron chi connectivity index (χ2n) is 11.0. The molecule has 0 amide bonds. The Morgan fingerprint density at radius 2 is 2.00 bits per heavy atom. The van der Waals surface area contributed by atoms with Gasteiger partial charge in [-0.3, -0.25) is 0 Å². The Balaban J connectivity index is 1.27. The molecule has 9 nitrogen and oxygen atoms in total. The van der Waals surface area contributed by atoms with Gasteiger partial charge in [-0.05, 0) is 39.7 Å². The molecule has 11 heteroatoms. The predicted octanol–water partition coefficient (Wildman–Crippen LogP) is 3.49. The molecule has 0 radical (unpaired) electrons. The second-order valence-corrected chi connectivity index (χ2v) is 12.5. The summed E-state index contributed by atoms with van der Waals surface area (Å²) in [5.74, 6) is 1.71. The van der Waals surface area contributed by atoms with Crippen LogP contribution in [-0.4, -0.2) is 65.0 Å². The summed E-state index contributed by atoms with van der Waals surface area (Å²) in [6.07, 6.45) is 5.42. The van der Waals surface area contributed by atoms with E-state index in [1.807, 2.05) is 26.8 Å². The van der Waals surface area contributed by atoms with E-state index in [1.165, 1.54) is 11.8 Å². The second kappa shape index (κ2) is 10.2. The summed E-state index contributed by atoms with van der Waals surface area (Å²) in [6, 6.07) is 4.30. The molecule has 0 aliphatic carbocycles. The average Bonchev–Trinajstić information content (AvgIpc) is 3.14. The Labute approximate surface area is 227 Å². The lowest BCUT2D eigenvalue weighted by Gasteiger charge is -2.45. The molecule has 0 bridgehead atoms. The van der Waals surface area contributed by atoms with Gasteiger partial charge >= 0.3 is 0 Å². The summed E-state index contributed by atoms with van der Waals surface area (Å²) in [5, 5.41) is 20.7. The smallest absolute Gasteiger partial charge is 0.152 e. The maximum Gasteiger partial charge on any atom is 0.152 e. The fourth-order valence-corrected chi connectivity index (χ4v) is 6.63. The van der Waals surface area contributed by atoms with Crippen molar-refractivity contribution in [3.8, 4) is 6.07 Å². The van der Waals surface area contributed by atoms with Crippen molar-refractivity contribution >= 4 is 35.0 Å². The van der Waals surface area contributed by atoms with E-state index in [9.17, 15) is 10.4 Å². The van der Waals surface area contributed by atoms with Gasteiger partial charge in [-0.25, -0.2) is 15.0 Å². The summed E-state index contributed by atoms with van der Waals surface area (Å²) in [4.78, 5) is 19.0. The van der Waals surface area contributed by atoms with Crippen LogP contribution in [0.3, 0.4) is 0 Å². The van der Waals surface area contributed by atoms with Crippen LogP contribution in [-0.2, 0) is 11.3 Å². The molecule has 3 saturated heterocycles. The Morgan fingerprint density at radius 1 is 1.27 bits per heavy atom. The Kier molecular flexibility index (Phi) is 7.29. The van der Waals surface area contributed by atoms with Gasteiger partial charge in [0.05, 0.1) is 42.0 Å². The van der Waals surface area contributed by atoms with Gasteiger partial charge in [0.2, 0.25) is 0 Å². The molecule has 0 saturated carbocycles. The molecule has 2 aromatic heterocycles. The summed E-state index contributed by atoms with van der Waals surface area (Å²) < 4.78 is 5.84. The third kappa shape index (κ3) is 4.88. The topological polar surface area (TPSA) is 124 Å². The molecule has 2 atom stereocenters. The van der Waals surface area contributed by atoms with Crippen molar-refractivity contribution in [2.75, 3.05) is 42.6 Å². The number of rotatable bonds is 6. The highest BCUT2D eigenvalue weighted by atomic mass is 35.5. The molecular weight excluding hydrogens is 510 g/mol. The van der Waals surface area contributed by atoms with E-state index in [0.29, 0.717) is 28.2 Å². The third-order valence-electron chi connectivity index (χ3n) is 8.40. The maximum atomic E-state index is 10.1. The van der Waals surface area contributed by atoms with Crippen LogP contribution in [0.25, 0.3) is 0 Å². The molecular formula is C26H34ClN7O2S. The molecule has 5 rings (SSSR count). The number of hydrogen-bond acceptors (Lipinski definition) is 10. The summed E-state index contributed by atoms with van der Waals surface area (Å²) >= 11 is 8.16. The highest BCUT2D eigenvalue weighted by molar-refractivity contribution is 7.99. The molecule has 0 aromatic carbocycles. The van der Waals surface area contributed by atoms with E-state index in [4.69, 9.17) is 32.0 Å². The fraction of sp³-hybridized carbons (Fsp3) is 0.615. The maximum absolute atomic E-state index is 10.1. The normalized spacial score (nSPS) is 23.8. The van der Waals surface area contributed by atoms with Gasteiger partial charge in [0.15, 0.2) is 5.82 Å². The van der Waals surface area contributed by atoms with E-state index in [2.05, 4.69) is 20.9 Å². The molecule has 3 N–H and O–H groups in total. The summed E-state index contributed by atoms with van der Waals surface area (Å²) in [5.41, 5.74) is 6.66. The number of hydrogen-bond donors (Lipinski definition) is 2. The van der Waals surface area contributed by atoms with Crippen LogP contribution >= 0.6 is 23.4 Å². The van der Waals surface area contributed by atoms with Crippen LogP contribution < -0.4 is 15.5 Å². The quantitative estimate of drug-likeness (QED) is 0.559. The van der Waals surface area contributed by atoms with E-state index in [-0.39, 0.29) is 35.5 Å². The SMILES string of the molecule is C[C@@H]1OCC2(CCN(c3ncc(Sc4ccnc(N5CC(C(C)(C)C#N)C5)c4Cl)nc3CO)CC2)[C@@H]1N. The number of nitrogens with two attached hydrogens (primary N) is 1. The summed E-state index contributed by atoms with van der Waals surface area (Å²) in [6.45, 7) is 9.60. The van der Waals surface area contributed by atoms with Gasteiger partial charge in [-0.1, -0.05) is 23.4 Å². The molecule has 3 aliphatic heterocycles. The first-order valence-electron chi connectivity index (χ1n) is 12.7. The molecule has 5 heterocycles. The number of anilines is 2. The zero-order valence-electron chi connectivity index (χ0n) is 21.5. The number of aliphatic hydroxyl groups is 1. The monoisotopic (exact) mass is 543 g/mol. The number of nitriles is 1. The average molecular weight is 544 g/mol. The zero-order chi connectivity index (χ0) is 26.4. The Hall–Kier alpha value is -2.16. The minimum Gasteiger partial charge on any atom is -0.390 e. The van der Waals surface area contributed by atoms with Crippen LogP contribution in [0.1, 0.15) is 39.3 Å². The third-order valence-corrected chi connectivity index (χ3v) is 9.85. The first-order chi connectivity index (χ1) is 17.7. The standard InChI is InChI=1S/C26H34ClN7O2S/c1-16-22(29)26(15-36-16)5-8-33(9-6-26)23-18(13-35)32-20(10-31-23)37-19-4-7-30-24(21(19)27)34-11-17(12-34)25(2,3)14-28/h4,7,10,16-17,22,35H,5-6,8-9,11-13,15,29H2,1-3H3/t16-,22+/m0/s1. The Morgan fingerprint density at radius 3 is 2.62 bits per heavy atom. The van der Waals surface area contributed by atoms with Gasteiger partial charge in [0.1, 0.15) is 16.5 Å². The highest BCUT2D eigenvalue weighted by Gasteiger charge is 2.48. The molecule has 3 fully saturated rings. The molecule has 2 aromatic rings. The minimum absolute atomic E-state index is 0.0230. The van der Waals surface area contributed by atoms with Crippen molar-refractivity contribution < 1.29 is 9.84 Å².